The summed E-state index contributed by atoms with van der Waals surface area (Å²) in [6.45, 7) is 6.59. The third kappa shape index (κ3) is 5.36. The zero-order valence-electron chi connectivity index (χ0n) is 18.3. The lowest BCUT2D eigenvalue weighted by Gasteiger charge is -2.29. The molecular formula is C24H31N7. The van der Waals surface area contributed by atoms with Crippen LogP contribution in [0.3, 0.4) is 0 Å². The van der Waals surface area contributed by atoms with Gasteiger partial charge in [-0.1, -0.05) is 29.8 Å². The van der Waals surface area contributed by atoms with Crippen molar-refractivity contribution < 1.29 is 0 Å². The maximum Gasteiger partial charge on any atom is 0.231 e. The Bertz CT molecular complexity index is 1010. The van der Waals surface area contributed by atoms with Crippen molar-refractivity contribution in [1.82, 2.24) is 9.97 Å². The molecule has 1 aliphatic rings. The van der Waals surface area contributed by atoms with E-state index >= 15 is 0 Å². The van der Waals surface area contributed by atoms with E-state index in [0.29, 0.717) is 24.1 Å². The Hall–Kier alpha value is -3.48. The molecule has 2 aromatic carbocycles. The highest BCUT2D eigenvalue weighted by atomic mass is 15.3. The molecule has 0 amide bonds. The number of nitrogens with zero attached hydrogens (tertiary/aromatic N) is 3. The van der Waals surface area contributed by atoms with E-state index in [4.69, 9.17) is 10.7 Å². The van der Waals surface area contributed by atoms with Gasteiger partial charge in [-0.05, 0) is 62.9 Å². The highest BCUT2D eigenvalue weighted by Gasteiger charge is 2.19. The Morgan fingerprint density at radius 3 is 2.39 bits per heavy atom. The fourth-order valence-corrected chi connectivity index (χ4v) is 3.75. The first-order chi connectivity index (χ1) is 15.1. The Morgan fingerprint density at radius 1 is 0.871 bits per heavy atom. The zero-order chi connectivity index (χ0) is 21.6. The van der Waals surface area contributed by atoms with Gasteiger partial charge < -0.3 is 26.6 Å². The molecular weight excluding hydrogens is 386 g/mol. The molecule has 7 nitrogen and oxygen atoms in total. The maximum absolute atomic E-state index is 6.52. The van der Waals surface area contributed by atoms with E-state index in [-0.39, 0.29) is 0 Å². The van der Waals surface area contributed by atoms with Crippen LogP contribution in [-0.2, 0) is 0 Å². The number of aryl methyl sites for hydroxylation is 2. The first-order valence-electron chi connectivity index (χ1n) is 10.9. The molecule has 1 saturated heterocycles. The summed E-state index contributed by atoms with van der Waals surface area (Å²) in [6.07, 6.45) is 3.56. The summed E-state index contributed by atoms with van der Waals surface area (Å²) < 4.78 is 0. The van der Waals surface area contributed by atoms with Crippen LogP contribution in [0, 0.1) is 13.8 Å². The number of hydrogen-bond donors (Lipinski definition) is 4. The SMILES string of the molecule is Cc1ccc(Nc2nc(NCNc3cccc(C)c3)c(N)c(N3CCCCC3)n2)cc1. The molecule has 0 radical (unpaired) electrons. The third-order valence-electron chi connectivity index (χ3n) is 5.46. The van der Waals surface area contributed by atoms with Crippen molar-refractivity contribution in [2.75, 3.05) is 46.3 Å². The third-order valence-corrected chi connectivity index (χ3v) is 5.46. The number of piperidine rings is 1. The van der Waals surface area contributed by atoms with Crippen LogP contribution in [0.1, 0.15) is 30.4 Å². The van der Waals surface area contributed by atoms with Gasteiger partial charge in [0.05, 0.1) is 6.67 Å². The van der Waals surface area contributed by atoms with Gasteiger partial charge in [-0.3, -0.25) is 0 Å². The molecule has 1 aliphatic heterocycles. The fraction of sp³-hybridized carbons (Fsp3) is 0.333. The van der Waals surface area contributed by atoms with Gasteiger partial charge >= 0.3 is 0 Å². The first kappa shape index (κ1) is 20.8. The van der Waals surface area contributed by atoms with E-state index in [9.17, 15) is 0 Å². The second-order valence-corrected chi connectivity index (χ2v) is 8.07. The maximum atomic E-state index is 6.52. The van der Waals surface area contributed by atoms with Crippen molar-refractivity contribution in [2.45, 2.75) is 33.1 Å². The van der Waals surface area contributed by atoms with Crippen molar-refractivity contribution in [3.63, 3.8) is 0 Å². The Kier molecular flexibility index (Phi) is 6.40. The van der Waals surface area contributed by atoms with Gasteiger partial charge in [-0.2, -0.15) is 9.97 Å². The molecule has 0 atom stereocenters. The summed E-state index contributed by atoms with van der Waals surface area (Å²) >= 11 is 0. The van der Waals surface area contributed by atoms with Crippen LogP contribution < -0.4 is 26.6 Å². The van der Waals surface area contributed by atoms with Crippen LogP contribution >= 0.6 is 0 Å². The minimum atomic E-state index is 0.508. The quantitative estimate of drug-likeness (QED) is 0.407. The Morgan fingerprint density at radius 2 is 1.65 bits per heavy atom. The van der Waals surface area contributed by atoms with Gasteiger partial charge in [0.2, 0.25) is 5.95 Å². The van der Waals surface area contributed by atoms with E-state index in [1.807, 2.05) is 24.3 Å². The van der Waals surface area contributed by atoms with Crippen molar-refractivity contribution >= 4 is 34.6 Å². The number of nitrogens with two attached hydrogens (primary N) is 1. The Labute approximate surface area is 184 Å². The van der Waals surface area contributed by atoms with Crippen LogP contribution in [0.25, 0.3) is 0 Å². The molecule has 1 aromatic heterocycles. The summed E-state index contributed by atoms with van der Waals surface area (Å²) in [4.78, 5) is 11.7. The van der Waals surface area contributed by atoms with Crippen molar-refractivity contribution in [2.24, 2.45) is 0 Å². The highest BCUT2D eigenvalue weighted by molar-refractivity contribution is 5.78. The number of benzene rings is 2. The summed E-state index contributed by atoms with van der Waals surface area (Å²) in [6, 6.07) is 16.5. The van der Waals surface area contributed by atoms with Gasteiger partial charge in [0, 0.05) is 24.5 Å². The molecule has 3 aromatic rings. The first-order valence-corrected chi connectivity index (χ1v) is 10.9. The second kappa shape index (κ2) is 9.55. The lowest BCUT2D eigenvalue weighted by atomic mass is 10.1. The molecule has 31 heavy (non-hydrogen) atoms. The van der Waals surface area contributed by atoms with Gasteiger partial charge in [0.25, 0.3) is 0 Å². The fourth-order valence-electron chi connectivity index (χ4n) is 3.75. The molecule has 0 saturated carbocycles. The number of aromatic nitrogens is 2. The van der Waals surface area contributed by atoms with E-state index in [1.165, 1.54) is 17.5 Å². The lowest BCUT2D eigenvalue weighted by molar-refractivity contribution is 0.574. The number of hydrogen-bond acceptors (Lipinski definition) is 7. The topological polar surface area (TPSA) is 91.1 Å². The molecule has 0 aliphatic carbocycles. The largest absolute Gasteiger partial charge is 0.393 e. The highest BCUT2D eigenvalue weighted by Crippen LogP contribution is 2.31. The van der Waals surface area contributed by atoms with Crippen molar-refractivity contribution in [1.29, 1.82) is 0 Å². The van der Waals surface area contributed by atoms with Crippen LogP contribution in [0.5, 0.6) is 0 Å². The molecule has 4 rings (SSSR count). The predicted octanol–water partition coefficient (Wildman–Crippen LogP) is 4.89. The molecule has 0 unspecified atom stereocenters. The average Bonchev–Trinajstić information content (AvgIpc) is 2.78. The van der Waals surface area contributed by atoms with E-state index in [2.05, 4.69) is 63.9 Å². The summed E-state index contributed by atoms with van der Waals surface area (Å²) in [5, 5.41) is 10.0. The van der Waals surface area contributed by atoms with Crippen LogP contribution in [0.2, 0.25) is 0 Å². The lowest BCUT2D eigenvalue weighted by Crippen LogP contribution is -2.31. The zero-order valence-corrected chi connectivity index (χ0v) is 18.3. The summed E-state index contributed by atoms with van der Waals surface area (Å²) in [5.41, 5.74) is 11.5. The summed E-state index contributed by atoms with van der Waals surface area (Å²) in [5.74, 6) is 1.96. The number of nitrogen functional groups attached to an aromatic ring is 1. The van der Waals surface area contributed by atoms with Crippen molar-refractivity contribution in [3.05, 3.63) is 59.7 Å². The molecule has 1 fully saturated rings. The van der Waals surface area contributed by atoms with Gasteiger partial charge in [0.15, 0.2) is 11.6 Å². The molecule has 0 spiro atoms. The second-order valence-electron chi connectivity index (χ2n) is 8.07. The van der Waals surface area contributed by atoms with Crippen molar-refractivity contribution in [3.8, 4) is 0 Å². The minimum absolute atomic E-state index is 0.508. The van der Waals surface area contributed by atoms with Crippen LogP contribution in [0.4, 0.5) is 34.6 Å². The van der Waals surface area contributed by atoms with Gasteiger partial charge in [-0.25, -0.2) is 0 Å². The number of anilines is 6. The smallest absolute Gasteiger partial charge is 0.231 e. The minimum Gasteiger partial charge on any atom is -0.393 e. The van der Waals surface area contributed by atoms with E-state index in [0.717, 1.165) is 43.1 Å². The van der Waals surface area contributed by atoms with Gasteiger partial charge in [-0.15, -0.1) is 0 Å². The average molecular weight is 418 g/mol. The van der Waals surface area contributed by atoms with Crippen LogP contribution in [-0.4, -0.2) is 29.7 Å². The monoisotopic (exact) mass is 417 g/mol. The van der Waals surface area contributed by atoms with Gasteiger partial charge in [0.1, 0.15) is 5.69 Å². The number of rotatable bonds is 7. The van der Waals surface area contributed by atoms with Crippen LogP contribution in [0.15, 0.2) is 48.5 Å². The molecule has 162 valence electrons. The molecule has 5 N–H and O–H groups in total. The number of nitrogens with one attached hydrogen (secondary N) is 3. The summed E-state index contributed by atoms with van der Waals surface area (Å²) in [7, 11) is 0. The Balaban J connectivity index is 1.56. The van der Waals surface area contributed by atoms with E-state index < -0.39 is 0 Å². The molecule has 7 heteroatoms. The predicted molar refractivity (Wildman–Crippen MR) is 130 cm³/mol. The molecule has 2 heterocycles. The molecule has 0 bridgehead atoms. The standard InChI is InChI=1S/C24H31N7/c1-17-9-11-19(12-10-17)28-24-29-22(27-16-26-20-8-6-7-18(2)15-20)21(25)23(30-24)31-13-4-3-5-14-31/h6-12,15,26H,3-5,13-14,16,25H2,1-2H3,(H2,27,28,29,30). The van der Waals surface area contributed by atoms with E-state index in [1.54, 1.807) is 0 Å². The normalized spacial score (nSPS) is 13.7.